The fourth-order valence-electron chi connectivity index (χ4n) is 4.44. The van der Waals surface area contributed by atoms with Gasteiger partial charge < -0.3 is 0 Å². The van der Waals surface area contributed by atoms with Crippen LogP contribution in [-0.2, 0) is 0 Å². The van der Waals surface area contributed by atoms with Gasteiger partial charge in [-0.05, 0) is 59.2 Å². The van der Waals surface area contributed by atoms with E-state index in [1.807, 2.05) is 24.3 Å². The van der Waals surface area contributed by atoms with Gasteiger partial charge in [-0.1, -0.05) is 59.6 Å². The average molecular weight is 351 g/mol. The van der Waals surface area contributed by atoms with E-state index in [1.165, 1.54) is 12.0 Å². The topological polar surface area (TPSA) is 0 Å². The van der Waals surface area contributed by atoms with Gasteiger partial charge in [0.15, 0.2) is 0 Å². The summed E-state index contributed by atoms with van der Waals surface area (Å²) in [6.07, 6.45) is 6.16. The highest BCUT2D eigenvalue weighted by Crippen LogP contribution is 2.66. The van der Waals surface area contributed by atoms with E-state index >= 15 is 0 Å². The van der Waals surface area contributed by atoms with Gasteiger partial charge >= 0.3 is 0 Å². The monoisotopic (exact) mass is 350 g/mol. The van der Waals surface area contributed by atoms with E-state index < -0.39 is 0 Å². The molecule has 2 fully saturated rings. The van der Waals surface area contributed by atoms with Gasteiger partial charge in [0.1, 0.15) is 0 Å². The minimum absolute atomic E-state index is 0.731. The SMILES string of the molecule is Clc1ccc(C(=C=C2C3C2[C@H]2C=C[C@@H]3C2)c2ccc(Cl)cc2)cc1. The second-order valence-electron chi connectivity index (χ2n) is 6.97. The molecule has 0 radical (unpaired) electrons. The average Bonchev–Trinajstić information content (AvgIpc) is 2.97. The fraction of sp³-hybridized carbons (Fsp3) is 0.227. The molecule has 118 valence electrons. The van der Waals surface area contributed by atoms with Crippen LogP contribution in [0.5, 0.6) is 0 Å². The Bertz CT molecular complexity index is 828. The van der Waals surface area contributed by atoms with Crippen molar-refractivity contribution in [3.63, 3.8) is 0 Å². The van der Waals surface area contributed by atoms with Crippen LogP contribution in [0.1, 0.15) is 17.5 Å². The second-order valence-corrected chi connectivity index (χ2v) is 7.84. The number of benzene rings is 2. The van der Waals surface area contributed by atoms with E-state index in [1.54, 1.807) is 0 Å². The summed E-state index contributed by atoms with van der Waals surface area (Å²) in [6.45, 7) is 0. The number of fused-ring (bicyclic) bond motifs is 5. The second kappa shape index (κ2) is 5.39. The Morgan fingerprint density at radius 3 is 1.67 bits per heavy atom. The molecule has 24 heavy (non-hydrogen) atoms. The predicted octanol–water partition coefficient (Wildman–Crippen LogP) is 6.40. The first kappa shape index (κ1) is 14.6. The van der Waals surface area contributed by atoms with Crippen LogP contribution in [0.3, 0.4) is 0 Å². The van der Waals surface area contributed by atoms with Gasteiger partial charge in [0, 0.05) is 27.5 Å². The zero-order valence-corrected chi connectivity index (χ0v) is 14.6. The van der Waals surface area contributed by atoms with Gasteiger partial charge in [0.05, 0.1) is 0 Å². The number of allylic oxidation sites excluding steroid dienone is 3. The first-order valence-electron chi connectivity index (χ1n) is 8.41. The molecule has 2 bridgehead atoms. The molecule has 2 heteroatoms. The van der Waals surface area contributed by atoms with E-state index in [-0.39, 0.29) is 0 Å². The van der Waals surface area contributed by atoms with Gasteiger partial charge in [-0.3, -0.25) is 0 Å². The molecule has 0 spiro atoms. The van der Waals surface area contributed by atoms with Crippen molar-refractivity contribution in [2.24, 2.45) is 23.7 Å². The first-order chi connectivity index (χ1) is 11.7. The van der Waals surface area contributed by atoms with Crippen LogP contribution >= 0.6 is 23.2 Å². The lowest BCUT2D eigenvalue weighted by molar-refractivity contribution is 0.616. The molecule has 2 saturated carbocycles. The van der Waals surface area contributed by atoms with Crippen molar-refractivity contribution >= 4 is 28.8 Å². The van der Waals surface area contributed by atoms with Gasteiger partial charge in [0.2, 0.25) is 0 Å². The van der Waals surface area contributed by atoms with Gasteiger partial charge in [-0.25, -0.2) is 0 Å². The molecule has 2 aromatic carbocycles. The van der Waals surface area contributed by atoms with Crippen LogP contribution < -0.4 is 0 Å². The Hall–Kier alpha value is -1.72. The van der Waals surface area contributed by atoms with Crippen molar-refractivity contribution in [1.29, 1.82) is 0 Å². The molecule has 2 unspecified atom stereocenters. The quantitative estimate of drug-likeness (QED) is 0.434. The standard InChI is InChI=1S/C22H16Cl2/c23-17-7-3-13(4-8-17)19(14-5-9-18(24)10-6-14)12-20-21-15-1-2-16(11-15)22(20)21/h1-10,15-16,21-22H,11H2/t15-,16+,21?,22?. The van der Waals surface area contributed by atoms with Crippen molar-refractivity contribution in [1.82, 2.24) is 0 Å². The molecule has 0 aromatic heterocycles. The summed E-state index contributed by atoms with van der Waals surface area (Å²) in [7, 11) is 0. The largest absolute Gasteiger partial charge is 0.112 e. The van der Waals surface area contributed by atoms with Crippen molar-refractivity contribution < 1.29 is 0 Å². The molecular formula is C22H16Cl2. The predicted molar refractivity (Wildman–Crippen MR) is 100 cm³/mol. The Morgan fingerprint density at radius 1 is 0.750 bits per heavy atom. The van der Waals surface area contributed by atoms with E-state index in [9.17, 15) is 0 Å². The van der Waals surface area contributed by atoms with Crippen molar-refractivity contribution in [3.8, 4) is 0 Å². The first-order valence-corrected chi connectivity index (χ1v) is 9.17. The van der Waals surface area contributed by atoms with Crippen molar-refractivity contribution in [3.05, 3.63) is 93.2 Å². The molecule has 2 aromatic rings. The van der Waals surface area contributed by atoms with E-state index in [0.29, 0.717) is 0 Å². The van der Waals surface area contributed by atoms with E-state index in [4.69, 9.17) is 23.2 Å². The number of hydrogen-bond acceptors (Lipinski definition) is 0. The third-order valence-corrected chi connectivity index (χ3v) is 6.11. The Kier molecular flexibility index (Phi) is 3.28. The van der Waals surface area contributed by atoms with Crippen LogP contribution in [-0.4, -0.2) is 0 Å². The maximum atomic E-state index is 6.07. The molecule has 5 rings (SSSR count). The lowest BCUT2D eigenvalue weighted by Crippen LogP contribution is -1.92. The van der Waals surface area contributed by atoms with Crippen molar-refractivity contribution in [2.45, 2.75) is 6.42 Å². The summed E-state index contributed by atoms with van der Waals surface area (Å²) in [5.74, 6) is 2.96. The third kappa shape index (κ3) is 2.30. The lowest BCUT2D eigenvalue weighted by Gasteiger charge is -2.07. The smallest absolute Gasteiger partial charge is 0.0406 e. The zero-order valence-electron chi connectivity index (χ0n) is 13.0. The van der Waals surface area contributed by atoms with E-state index in [0.717, 1.165) is 50.4 Å². The number of hydrogen-bond donors (Lipinski definition) is 0. The molecule has 0 aliphatic heterocycles. The molecule has 0 saturated heterocycles. The summed E-state index contributed by atoms with van der Waals surface area (Å²) in [5.41, 5.74) is 8.72. The third-order valence-electron chi connectivity index (χ3n) is 5.60. The number of halogens is 2. The van der Waals surface area contributed by atoms with Crippen molar-refractivity contribution in [2.75, 3.05) is 0 Å². The minimum Gasteiger partial charge on any atom is -0.112 e. The minimum atomic E-state index is 0.731. The molecule has 3 aliphatic carbocycles. The molecule has 0 amide bonds. The highest BCUT2D eigenvalue weighted by molar-refractivity contribution is 6.31. The Morgan fingerprint density at radius 2 is 1.21 bits per heavy atom. The fourth-order valence-corrected chi connectivity index (χ4v) is 4.70. The van der Waals surface area contributed by atoms with E-state index in [2.05, 4.69) is 42.1 Å². The molecule has 0 nitrogen and oxygen atoms in total. The summed E-state index contributed by atoms with van der Waals surface area (Å²) in [6, 6.07) is 16.1. The molecule has 0 heterocycles. The normalized spacial score (nSPS) is 28.7. The Balaban J connectivity index is 1.64. The van der Waals surface area contributed by atoms with Crippen LogP contribution in [0.15, 0.2) is 72.0 Å². The Labute approximate surface area is 152 Å². The number of rotatable bonds is 2. The summed E-state index contributed by atoms with van der Waals surface area (Å²) in [5, 5.41) is 1.51. The summed E-state index contributed by atoms with van der Waals surface area (Å²) >= 11 is 12.1. The molecule has 0 N–H and O–H groups in total. The maximum Gasteiger partial charge on any atom is 0.0406 e. The molecular weight excluding hydrogens is 335 g/mol. The molecule has 4 atom stereocenters. The van der Waals surface area contributed by atoms with Crippen LogP contribution in [0, 0.1) is 23.7 Å². The van der Waals surface area contributed by atoms with Crippen LogP contribution in [0.25, 0.3) is 5.57 Å². The van der Waals surface area contributed by atoms with Gasteiger partial charge in [-0.2, -0.15) is 0 Å². The highest BCUT2D eigenvalue weighted by atomic mass is 35.5. The van der Waals surface area contributed by atoms with Crippen LogP contribution in [0.2, 0.25) is 10.0 Å². The maximum absolute atomic E-state index is 6.07. The molecule has 3 aliphatic rings. The van der Waals surface area contributed by atoms with Gasteiger partial charge in [0.25, 0.3) is 0 Å². The summed E-state index contributed by atoms with van der Waals surface area (Å²) in [4.78, 5) is 0. The van der Waals surface area contributed by atoms with Gasteiger partial charge in [-0.15, -0.1) is 5.73 Å². The highest BCUT2D eigenvalue weighted by Gasteiger charge is 2.59. The zero-order chi connectivity index (χ0) is 16.3. The summed E-state index contributed by atoms with van der Waals surface area (Å²) < 4.78 is 0. The lowest BCUT2D eigenvalue weighted by atomic mass is 9.97. The van der Waals surface area contributed by atoms with Crippen LogP contribution in [0.4, 0.5) is 0 Å².